The number of carbonyl (C=O) groups excluding carboxylic acids is 2. The quantitative estimate of drug-likeness (QED) is 0.729. The van der Waals surface area contributed by atoms with Gasteiger partial charge in [0, 0.05) is 17.1 Å². The van der Waals surface area contributed by atoms with E-state index in [0.717, 1.165) is 17.7 Å². The third kappa shape index (κ3) is 6.23. The SMILES string of the molecule is CCC[C@@H](C)NC(=O)COC(=O)c1cccnc1Sc1ccccc1. The Morgan fingerprint density at radius 1 is 1.20 bits per heavy atom. The van der Waals surface area contributed by atoms with Crippen LogP contribution in [-0.2, 0) is 9.53 Å². The molecule has 1 N–H and O–H groups in total. The molecule has 0 aliphatic rings. The maximum Gasteiger partial charge on any atom is 0.341 e. The van der Waals surface area contributed by atoms with E-state index < -0.39 is 5.97 Å². The lowest BCUT2D eigenvalue weighted by atomic mass is 10.2. The van der Waals surface area contributed by atoms with Gasteiger partial charge in [0.2, 0.25) is 0 Å². The van der Waals surface area contributed by atoms with Crippen LogP contribution in [-0.4, -0.2) is 29.5 Å². The normalized spacial score (nSPS) is 11.6. The first-order chi connectivity index (χ1) is 12.1. The van der Waals surface area contributed by atoms with Crippen molar-refractivity contribution in [2.75, 3.05) is 6.61 Å². The molecule has 6 heteroatoms. The first-order valence-electron chi connectivity index (χ1n) is 8.24. The first-order valence-corrected chi connectivity index (χ1v) is 9.06. The van der Waals surface area contributed by atoms with Gasteiger partial charge in [0.1, 0.15) is 5.03 Å². The second-order valence-electron chi connectivity index (χ2n) is 5.60. The minimum atomic E-state index is -0.551. The van der Waals surface area contributed by atoms with Crippen LogP contribution < -0.4 is 5.32 Å². The van der Waals surface area contributed by atoms with Gasteiger partial charge in [-0.05, 0) is 37.6 Å². The highest BCUT2D eigenvalue weighted by atomic mass is 32.2. The number of ether oxygens (including phenoxy) is 1. The molecule has 5 nitrogen and oxygen atoms in total. The Labute approximate surface area is 152 Å². The molecule has 0 bridgehead atoms. The number of benzene rings is 1. The third-order valence-corrected chi connectivity index (χ3v) is 4.44. The highest BCUT2D eigenvalue weighted by Gasteiger charge is 2.16. The van der Waals surface area contributed by atoms with Gasteiger partial charge in [-0.3, -0.25) is 4.79 Å². The molecule has 132 valence electrons. The smallest absolute Gasteiger partial charge is 0.341 e. The maximum atomic E-state index is 12.3. The van der Waals surface area contributed by atoms with Crippen molar-refractivity contribution in [3.05, 3.63) is 54.2 Å². The summed E-state index contributed by atoms with van der Waals surface area (Å²) >= 11 is 1.38. The Hall–Kier alpha value is -2.34. The fourth-order valence-corrected chi connectivity index (χ4v) is 3.15. The van der Waals surface area contributed by atoms with E-state index in [2.05, 4.69) is 17.2 Å². The first kappa shape index (κ1) is 19.0. The number of carbonyl (C=O) groups is 2. The molecule has 25 heavy (non-hydrogen) atoms. The molecule has 1 heterocycles. The van der Waals surface area contributed by atoms with E-state index in [4.69, 9.17) is 4.74 Å². The summed E-state index contributed by atoms with van der Waals surface area (Å²) in [6.07, 6.45) is 3.50. The third-order valence-electron chi connectivity index (χ3n) is 3.41. The van der Waals surface area contributed by atoms with E-state index in [9.17, 15) is 9.59 Å². The molecule has 0 aliphatic carbocycles. The minimum absolute atomic E-state index is 0.0683. The van der Waals surface area contributed by atoms with Crippen LogP contribution in [0.4, 0.5) is 0 Å². The number of rotatable bonds is 8. The Morgan fingerprint density at radius 3 is 2.68 bits per heavy atom. The van der Waals surface area contributed by atoms with Crippen molar-refractivity contribution in [3.63, 3.8) is 0 Å². The molecule has 0 aliphatic heterocycles. The molecule has 1 aromatic heterocycles. The molecule has 2 aromatic rings. The second kappa shape index (κ2) is 9.84. The van der Waals surface area contributed by atoms with Crippen molar-refractivity contribution < 1.29 is 14.3 Å². The Bertz CT molecular complexity index is 707. The maximum absolute atomic E-state index is 12.3. The lowest BCUT2D eigenvalue weighted by Crippen LogP contribution is -2.35. The topological polar surface area (TPSA) is 68.3 Å². The number of nitrogens with zero attached hydrogens (tertiary/aromatic N) is 1. The molecule has 1 amide bonds. The van der Waals surface area contributed by atoms with Gasteiger partial charge in [-0.1, -0.05) is 43.3 Å². The second-order valence-corrected chi connectivity index (χ2v) is 6.67. The predicted molar refractivity (Wildman–Crippen MR) is 97.6 cm³/mol. The molecule has 1 atom stereocenters. The number of nitrogens with one attached hydrogen (secondary N) is 1. The predicted octanol–water partition coefficient (Wildman–Crippen LogP) is 3.69. The number of aromatic nitrogens is 1. The van der Waals surface area contributed by atoms with Crippen LogP contribution in [0.3, 0.4) is 0 Å². The molecule has 1 aromatic carbocycles. The van der Waals surface area contributed by atoms with E-state index >= 15 is 0 Å². The number of pyridine rings is 1. The summed E-state index contributed by atoms with van der Waals surface area (Å²) in [5.41, 5.74) is 0.353. The van der Waals surface area contributed by atoms with Crippen LogP contribution in [0.2, 0.25) is 0 Å². The zero-order valence-electron chi connectivity index (χ0n) is 14.4. The summed E-state index contributed by atoms with van der Waals surface area (Å²) in [5.74, 6) is -0.847. The summed E-state index contributed by atoms with van der Waals surface area (Å²) < 4.78 is 5.14. The number of esters is 1. The molecule has 0 saturated heterocycles. The van der Waals surface area contributed by atoms with Gasteiger partial charge in [-0.25, -0.2) is 9.78 Å². The average Bonchev–Trinajstić information content (AvgIpc) is 2.61. The van der Waals surface area contributed by atoms with Gasteiger partial charge in [0.15, 0.2) is 6.61 Å². The van der Waals surface area contributed by atoms with Crippen molar-refractivity contribution in [3.8, 4) is 0 Å². The van der Waals surface area contributed by atoms with Crippen LogP contribution in [0, 0.1) is 0 Å². The van der Waals surface area contributed by atoms with Crippen LogP contribution in [0.25, 0.3) is 0 Å². The van der Waals surface area contributed by atoms with E-state index in [1.807, 2.05) is 37.3 Å². The highest BCUT2D eigenvalue weighted by Crippen LogP contribution is 2.28. The van der Waals surface area contributed by atoms with Gasteiger partial charge in [0.25, 0.3) is 5.91 Å². The van der Waals surface area contributed by atoms with Crippen LogP contribution in [0.1, 0.15) is 37.0 Å². The molecular formula is C19H22N2O3S. The fraction of sp³-hybridized carbons (Fsp3) is 0.316. The zero-order valence-corrected chi connectivity index (χ0v) is 15.2. The Kier molecular flexibility index (Phi) is 7.47. The highest BCUT2D eigenvalue weighted by molar-refractivity contribution is 7.99. The summed E-state index contributed by atoms with van der Waals surface area (Å²) in [4.78, 5) is 29.4. The molecule has 0 saturated carbocycles. The van der Waals surface area contributed by atoms with Crippen molar-refractivity contribution in [1.82, 2.24) is 10.3 Å². The van der Waals surface area contributed by atoms with E-state index in [1.165, 1.54) is 11.8 Å². The van der Waals surface area contributed by atoms with Crippen LogP contribution in [0.15, 0.2) is 58.6 Å². The monoisotopic (exact) mass is 358 g/mol. The largest absolute Gasteiger partial charge is 0.452 e. The summed E-state index contributed by atoms with van der Waals surface area (Å²) in [6.45, 7) is 3.69. The molecule has 0 spiro atoms. The number of hydrogen-bond acceptors (Lipinski definition) is 5. The molecule has 0 unspecified atom stereocenters. The number of hydrogen-bond donors (Lipinski definition) is 1. The lowest BCUT2D eigenvalue weighted by molar-refractivity contribution is -0.124. The van der Waals surface area contributed by atoms with Crippen LogP contribution >= 0.6 is 11.8 Å². The van der Waals surface area contributed by atoms with Gasteiger partial charge in [0.05, 0.1) is 5.56 Å². The van der Waals surface area contributed by atoms with Gasteiger partial charge < -0.3 is 10.1 Å². The average molecular weight is 358 g/mol. The van der Waals surface area contributed by atoms with Crippen molar-refractivity contribution in [2.45, 2.75) is 42.7 Å². The van der Waals surface area contributed by atoms with Crippen molar-refractivity contribution >= 4 is 23.6 Å². The van der Waals surface area contributed by atoms with Crippen molar-refractivity contribution in [1.29, 1.82) is 0 Å². The molecule has 2 rings (SSSR count). The van der Waals surface area contributed by atoms with Gasteiger partial charge >= 0.3 is 5.97 Å². The van der Waals surface area contributed by atoms with E-state index in [1.54, 1.807) is 18.3 Å². The molecule has 0 fully saturated rings. The lowest BCUT2D eigenvalue weighted by Gasteiger charge is -2.13. The Balaban J connectivity index is 1.96. The van der Waals surface area contributed by atoms with Gasteiger partial charge in [-0.2, -0.15) is 0 Å². The number of amides is 1. The summed E-state index contributed by atoms with van der Waals surface area (Å²) in [6, 6.07) is 13.0. The van der Waals surface area contributed by atoms with Crippen molar-refractivity contribution in [2.24, 2.45) is 0 Å². The Morgan fingerprint density at radius 2 is 1.96 bits per heavy atom. The fourth-order valence-electron chi connectivity index (χ4n) is 2.26. The molecule has 0 radical (unpaired) electrons. The molecular weight excluding hydrogens is 336 g/mol. The summed E-state index contributed by atoms with van der Waals surface area (Å²) in [5, 5.41) is 3.36. The van der Waals surface area contributed by atoms with Crippen LogP contribution in [0.5, 0.6) is 0 Å². The summed E-state index contributed by atoms with van der Waals surface area (Å²) in [7, 11) is 0. The van der Waals surface area contributed by atoms with Gasteiger partial charge in [-0.15, -0.1) is 0 Å². The standard InChI is InChI=1S/C19H22N2O3S/c1-3-8-14(2)21-17(22)13-24-19(23)16-11-7-12-20-18(16)25-15-9-5-4-6-10-15/h4-7,9-12,14H,3,8,13H2,1-2H3,(H,21,22)/t14-/m1/s1. The van der Waals surface area contributed by atoms with E-state index in [0.29, 0.717) is 10.6 Å². The minimum Gasteiger partial charge on any atom is -0.452 e. The zero-order chi connectivity index (χ0) is 18.1. The van der Waals surface area contributed by atoms with E-state index in [-0.39, 0.29) is 18.6 Å².